The van der Waals surface area contributed by atoms with Gasteiger partial charge in [-0.2, -0.15) is 4.98 Å². The lowest BCUT2D eigenvalue weighted by Gasteiger charge is -2.32. The van der Waals surface area contributed by atoms with Gasteiger partial charge in [0.05, 0.1) is 10.6 Å². The van der Waals surface area contributed by atoms with Crippen molar-refractivity contribution in [3.05, 3.63) is 11.0 Å². The van der Waals surface area contributed by atoms with Gasteiger partial charge in [0.15, 0.2) is 0 Å². The molecule has 0 radical (unpaired) electrons. The number of carbonyl (C=O) groups excluding carboxylic acids is 1. The molecule has 1 fully saturated rings. The van der Waals surface area contributed by atoms with Gasteiger partial charge in [-0.3, -0.25) is 4.79 Å². The second kappa shape index (κ2) is 5.77. The molecular formula is C13H17ClN4OS. The van der Waals surface area contributed by atoms with Gasteiger partial charge in [0, 0.05) is 38.2 Å². The van der Waals surface area contributed by atoms with Crippen LogP contribution in [-0.4, -0.2) is 45.7 Å². The highest BCUT2D eigenvalue weighted by atomic mass is 35.5. The van der Waals surface area contributed by atoms with Crippen LogP contribution >= 0.6 is 23.4 Å². The summed E-state index contributed by atoms with van der Waals surface area (Å²) in [6.07, 6.45) is 2.85. The lowest BCUT2D eigenvalue weighted by Crippen LogP contribution is -2.41. The normalized spacial score (nSPS) is 19.0. The van der Waals surface area contributed by atoms with E-state index in [-0.39, 0.29) is 5.91 Å². The average Bonchev–Trinajstić information content (AvgIpc) is 2.87. The Morgan fingerprint density at radius 2 is 2.15 bits per heavy atom. The zero-order valence-corrected chi connectivity index (χ0v) is 12.9. The third-order valence-corrected chi connectivity index (χ3v) is 5.07. The van der Waals surface area contributed by atoms with Crippen molar-refractivity contribution in [1.82, 2.24) is 14.9 Å². The highest BCUT2D eigenvalue weighted by Gasteiger charge is 2.24. The fourth-order valence-corrected chi connectivity index (χ4v) is 3.91. The number of hydrogen-bond donors (Lipinski definition) is 1. The summed E-state index contributed by atoms with van der Waals surface area (Å²) in [5.74, 6) is 2.07. The number of fused-ring (bicyclic) bond motifs is 1. The first-order valence-electron chi connectivity index (χ1n) is 6.85. The van der Waals surface area contributed by atoms with E-state index in [0.29, 0.717) is 11.3 Å². The number of carbonyl (C=O) groups is 1. The number of rotatable bonds is 2. The molecule has 0 spiro atoms. The third-order valence-electron chi connectivity index (χ3n) is 3.77. The summed E-state index contributed by atoms with van der Waals surface area (Å²) in [5, 5.41) is 3.80. The van der Waals surface area contributed by atoms with Crippen LogP contribution < -0.4 is 5.32 Å². The first kappa shape index (κ1) is 13.9. The minimum atomic E-state index is 0.157. The Kier molecular flexibility index (Phi) is 4.03. The quantitative estimate of drug-likeness (QED) is 0.848. The predicted octanol–water partition coefficient (Wildman–Crippen LogP) is 2.20. The molecule has 1 saturated heterocycles. The van der Waals surface area contributed by atoms with Crippen molar-refractivity contribution >= 4 is 35.1 Å². The fraction of sp³-hybridized carbons (Fsp3) is 0.615. The van der Waals surface area contributed by atoms with Crippen LogP contribution in [0.15, 0.2) is 4.90 Å². The molecule has 7 heteroatoms. The molecule has 1 N–H and O–H groups in total. The molecule has 5 nitrogen and oxygen atoms in total. The molecule has 1 amide bonds. The van der Waals surface area contributed by atoms with E-state index in [2.05, 4.69) is 15.3 Å². The van der Waals surface area contributed by atoms with Crippen molar-refractivity contribution in [2.75, 3.05) is 24.2 Å². The molecule has 2 aliphatic heterocycles. The highest BCUT2D eigenvalue weighted by molar-refractivity contribution is 7.99. The van der Waals surface area contributed by atoms with Crippen LogP contribution in [0, 0.1) is 0 Å². The van der Waals surface area contributed by atoms with Gasteiger partial charge in [-0.05, 0) is 24.4 Å². The molecule has 0 saturated carbocycles. The van der Waals surface area contributed by atoms with Crippen molar-refractivity contribution in [3.63, 3.8) is 0 Å². The van der Waals surface area contributed by atoms with E-state index in [4.69, 9.17) is 11.6 Å². The zero-order chi connectivity index (χ0) is 14.1. The predicted molar refractivity (Wildman–Crippen MR) is 80.4 cm³/mol. The Labute approximate surface area is 127 Å². The fourth-order valence-electron chi connectivity index (χ4n) is 2.67. The lowest BCUT2D eigenvalue weighted by molar-refractivity contribution is -0.129. The van der Waals surface area contributed by atoms with Crippen molar-refractivity contribution in [1.29, 1.82) is 0 Å². The molecule has 0 atom stereocenters. The summed E-state index contributed by atoms with van der Waals surface area (Å²) in [6.45, 7) is 3.24. The maximum Gasteiger partial charge on any atom is 0.224 e. The van der Waals surface area contributed by atoms with Crippen LogP contribution in [0.4, 0.5) is 5.82 Å². The molecule has 0 aliphatic carbocycles. The molecule has 0 unspecified atom stereocenters. The topological polar surface area (TPSA) is 58.1 Å². The first-order valence-corrected chi connectivity index (χ1v) is 8.21. The van der Waals surface area contributed by atoms with Crippen molar-refractivity contribution < 1.29 is 4.79 Å². The second-order valence-electron chi connectivity index (χ2n) is 5.14. The SMILES string of the molecule is CC(=O)N1CCC(Nc2nc(Cl)nc3c2SCC3)CC1. The molecule has 1 aromatic heterocycles. The van der Waals surface area contributed by atoms with E-state index in [1.807, 2.05) is 4.90 Å². The molecule has 2 aliphatic rings. The van der Waals surface area contributed by atoms with Gasteiger partial charge in [-0.15, -0.1) is 11.8 Å². The summed E-state index contributed by atoms with van der Waals surface area (Å²) >= 11 is 7.77. The number of likely N-dealkylation sites (tertiary alicyclic amines) is 1. The Morgan fingerprint density at radius 1 is 1.40 bits per heavy atom. The van der Waals surface area contributed by atoms with Gasteiger partial charge in [0.2, 0.25) is 11.2 Å². The van der Waals surface area contributed by atoms with Crippen molar-refractivity contribution in [2.24, 2.45) is 0 Å². The van der Waals surface area contributed by atoms with E-state index in [9.17, 15) is 4.79 Å². The van der Waals surface area contributed by atoms with E-state index in [1.54, 1.807) is 18.7 Å². The number of thioether (sulfide) groups is 1. The van der Waals surface area contributed by atoms with Gasteiger partial charge in [0.1, 0.15) is 5.82 Å². The van der Waals surface area contributed by atoms with Crippen LogP contribution in [-0.2, 0) is 11.2 Å². The Morgan fingerprint density at radius 3 is 2.85 bits per heavy atom. The van der Waals surface area contributed by atoms with Gasteiger partial charge in [0.25, 0.3) is 0 Å². The van der Waals surface area contributed by atoms with Crippen LogP contribution in [0.1, 0.15) is 25.5 Å². The molecule has 0 aromatic carbocycles. The molecule has 0 bridgehead atoms. The second-order valence-corrected chi connectivity index (χ2v) is 6.58. The molecule has 108 valence electrons. The minimum absolute atomic E-state index is 0.157. The highest BCUT2D eigenvalue weighted by Crippen LogP contribution is 2.36. The number of nitrogens with zero attached hydrogens (tertiary/aromatic N) is 3. The monoisotopic (exact) mass is 312 g/mol. The zero-order valence-electron chi connectivity index (χ0n) is 11.4. The number of nitrogens with one attached hydrogen (secondary N) is 1. The van der Waals surface area contributed by atoms with Gasteiger partial charge >= 0.3 is 0 Å². The third kappa shape index (κ3) is 2.86. The van der Waals surface area contributed by atoms with Gasteiger partial charge in [-0.25, -0.2) is 4.98 Å². The Bertz CT molecular complexity index is 531. The summed E-state index contributed by atoms with van der Waals surface area (Å²) in [6, 6.07) is 0.349. The van der Waals surface area contributed by atoms with Crippen molar-refractivity contribution in [3.8, 4) is 0 Å². The minimum Gasteiger partial charge on any atom is -0.366 e. The molecule has 20 heavy (non-hydrogen) atoms. The number of anilines is 1. The van der Waals surface area contributed by atoms with E-state index < -0.39 is 0 Å². The summed E-state index contributed by atoms with van der Waals surface area (Å²) in [4.78, 5) is 23.0. The van der Waals surface area contributed by atoms with Crippen LogP contribution in [0.25, 0.3) is 0 Å². The average molecular weight is 313 g/mol. The van der Waals surface area contributed by atoms with Crippen molar-refractivity contribution in [2.45, 2.75) is 37.1 Å². The summed E-state index contributed by atoms with van der Waals surface area (Å²) < 4.78 is 0. The Balaban J connectivity index is 1.69. The molecule has 3 heterocycles. The largest absolute Gasteiger partial charge is 0.366 e. The number of piperidine rings is 1. The van der Waals surface area contributed by atoms with Gasteiger partial charge < -0.3 is 10.2 Å². The lowest BCUT2D eigenvalue weighted by atomic mass is 10.1. The smallest absolute Gasteiger partial charge is 0.224 e. The Hall–Kier alpha value is -1.01. The standard InChI is InChI=1S/C13H17ClN4OS/c1-8(19)18-5-2-9(3-6-18)15-12-11-10(4-7-20-11)16-13(14)17-12/h9H,2-7H2,1H3,(H,15,16,17). The number of hydrogen-bond acceptors (Lipinski definition) is 5. The molecule has 1 aromatic rings. The number of halogens is 1. The molecular weight excluding hydrogens is 296 g/mol. The maximum absolute atomic E-state index is 11.3. The van der Waals surface area contributed by atoms with Crippen LogP contribution in [0.5, 0.6) is 0 Å². The maximum atomic E-state index is 11.3. The molecule has 3 rings (SSSR count). The van der Waals surface area contributed by atoms with E-state index in [1.165, 1.54) is 0 Å². The number of aryl methyl sites for hydroxylation is 1. The number of amides is 1. The van der Waals surface area contributed by atoms with E-state index >= 15 is 0 Å². The number of aromatic nitrogens is 2. The first-order chi connectivity index (χ1) is 9.63. The van der Waals surface area contributed by atoms with Crippen LogP contribution in [0.3, 0.4) is 0 Å². The van der Waals surface area contributed by atoms with E-state index in [0.717, 1.165) is 54.5 Å². The summed E-state index contributed by atoms with van der Waals surface area (Å²) in [5.41, 5.74) is 1.05. The van der Waals surface area contributed by atoms with Crippen LogP contribution in [0.2, 0.25) is 5.28 Å². The van der Waals surface area contributed by atoms with Gasteiger partial charge in [-0.1, -0.05) is 0 Å². The summed E-state index contributed by atoms with van der Waals surface area (Å²) in [7, 11) is 0.